The first-order chi connectivity index (χ1) is 16.8. The first kappa shape index (κ1) is 23.7. The number of aromatic nitrogens is 3. The van der Waals surface area contributed by atoms with Gasteiger partial charge < -0.3 is 19.9 Å². The van der Waals surface area contributed by atoms with E-state index in [1.54, 1.807) is 6.07 Å². The molecular weight excluding hydrogens is 451 g/mol. The molecule has 2 aromatic rings. The Labute approximate surface area is 204 Å². The minimum atomic E-state index is -0.540. The van der Waals surface area contributed by atoms with Crippen LogP contribution in [-0.2, 0) is 4.79 Å². The Hall–Kier alpha value is -3.01. The number of likely N-dealkylation sites (tertiary alicyclic amines) is 1. The lowest BCUT2D eigenvalue weighted by Crippen LogP contribution is -2.53. The van der Waals surface area contributed by atoms with Gasteiger partial charge in [0.1, 0.15) is 5.69 Å². The van der Waals surface area contributed by atoms with Crippen LogP contribution in [0.25, 0.3) is 11.3 Å². The Morgan fingerprint density at radius 3 is 2.60 bits per heavy atom. The SMILES string of the molecule is COc1cc(-c2cc(C(=O)N3[C@@H]4CC[C@H]3CC(C(=O)N[C@@H]3CC[C@@H](C)N(C)C3)C4)[nH]n2)c(F)cn1. The molecule has 3 aliphatic rings. The summed E-state index contributed by atoms with van der Waals surface area (Å²) in [6.45, 7) is 3.10. The zero-order valence-electron chi connectivity index (χ0n) is 20.5. The molecule has 2 N–H and O–H groups in total. The molecular formula is C25H33FN6O3. The molecule has 2 bridgehead atoms. The number of fused-ring (bicyclic) bond motifs is 2. The van der Waals surface area contributed by atoms with Gasteiger partial charge in [0.05, 0.1) is 19.0 Å². The number of aromatic amines is 1. The molecule has 5 atom stereocenters. The third-order valence-electron chi connectivity index (χ3n) is 8.00. The van der Waals surface area contributed by atoms with E-state index in [1.807, 2.05) is 4.90 Å². The van der Waals surface area contributed by atoms with E-state index in [9.17, 15) is 14.0 Å². The minimum Gasteiger partial charge on any atom is -0.481 e. The maximum atomic E-state index is 14.3. The van der Waals surface area contributed by atoms with Crippen LogP contribution in [0, 0.1) is 11.7 Å². The number of rotatable bonds is 5. The number of hydrogen-bond donors (Lipinski definition) is 2. The Balaban J connectivity index is 1.24. The van der Waals surface area contributed by atoms with Crippen molar-refractivity contribution in [2.45, 2.75) is 69.6 Å². The number of nitrogens with zero attached hydrogens (tertiary/aromatic N) is 4. The van der Waals surface area contributed by atoms with E-state index in [0.717, 1.165) is 38.4 Å². The molecule has 0 spiro atoms. The molecule has 1 unspecified atom stereocenters. The van der Waals surface area contributed by atoms with Gasteiger partial charge in [0.15, 0.2) is 5.82 Å². The maximum absolute atomic E-state index is 14.3. The molecule has 3 aliphatic heterocycles. The Morgan fingerprint density at radius 1 is 1.17 bits per heavy atom. The summed E-state index contributed by atoms with van der Waals surface area (Å²) < 4.78 is 19.4. The minimum absolute atomic E-state index is 0.0237. The van der Waals surface area contributed by atoms with Crippen molar-refractivity contribution in [3.05, 3.63) is 29.8 Å². The summed E-state index contributed by atoms with van der Waals surface area (Å²) >= 11 is 0. The van der Waals surface area contributed by atoms with E-state index in [0.29, 0.717) is 30.3 Å². The Bertz CT molecular complexity index is 1090. The number of amides is 2. The van der Waals surface area contributed by atoms with E-state index in [1.165, 1.54) is 13.2 Å². The number of methoxy groups -OCH3 is 1. The molecule has 9 nitrogen and oxygen atoms in total. The lowest BCUT2D eigenvalue weighted by Gasteiger charge is -2.40. The highest BCUT2D eigenvalue weighted by Gasteiger charge is 2.46. The highest BCUT2D eigenvalue weighted by Crippen LogP contribution is 2.40. The smallest absolute Gasteiger partial charge is 0.272 e. The first-order valence-corrected chi connectivity index (χ1v) is 12.4. The zero-order chi connectivity index (χ0) is 24.7. The van der Waals surface area contributed by atoms with E-state index in [4.69, 9.17) is 4.74 Å². The molecule has 0 radical (unpaired) electrons. The third-order valence-corrected chi connectivity index (χ3v) is 8.00. The number of H-pyrrole nitrogens is 1. The van der Waals surface area contributed by atoms with Crippen molar-refractivity contribution >= 4 is 11.8 Å². The number of halogens is 1. The van der Waals surface area contributed by atoms with E-state index in [-0.39, 0.29) is 47.3 Å². The van der Waals surface area contributed by atoms with Gasteiger partial charge in [-0.3, -0.25) is 14.7 Å². The monoisotopic (exact) mass is 484 g/mol. The van der Waals surface area contributed by atoms with Crippen molar-refractivity contribution in [3.63, 3.8) is 0 Å². The second-order valence-electron chi connectivity index (χ2n) is 10.2. The third kappa shape index (κ3) is 4.63. The van der Waals surface area contributed by atoms with E-state index >= 15 is 0 Å². The predicted octanol–water partition coefficient (Wildman–Crippen LogP) is 2.60. The van der Waals surface area contributed by atoms with Gasteiger partial charge in [-0.25, -0.2) is 9.37 Å². The largest absolute Gasteiger partial charge is 0.481 e. The quantitative estimate of drug-likeness (QED) is 0.676. The molecule has 3 saturated heterocycles. The van der Waals surface area contributed by atoms with Crippen molar-refractivity contribution in [1.82, 2.24) is 30.3 Å². The first-order valence-electron chi connectivity index (χ1n) is 12.4. The molecule has 188 valence electrons. The summed E-state index contributed by atoms with van der Waals surface area (Å²) in [5, 5.41) is 10.2. The van der Waals surface area contributed by atoms with Gasteiger partial charge in [-0.05, 0) is 58.6 Å². The fourth-order valence-corrected chi connectivity index (χ4v) is 5.88. The second-order valence-corrected chi connectivity index (χ2v) is 10.2. The molecule has 0 saturated carbocycles. The van der Waals surface area contributed by atoms with Crippen molar-refractivity contribution in [3.8, 4) is 17.1 Å². The summed E-state index contributed by atoms with van der Waals surface area (Å²) in [4.78, 5) is 34.5. The van der Waals surface area contributed by atoms with Gasteiger partial charge in [-0.1, -0.05) is 0 Å². The second kappa shape index (κ2) is 9.56. The highest BCUT2D eigenvalue weighted by molar-refractivity contribution is 5.94. The van der Waals surface area contributed by atoms with Gasteiger partial charge in [-0.2, -0.15) is 5.10 Å². The molecule has 10 heteroatoms. The van der Waals surface area contributed by atoms with Crippen molar-refractivity contribution in [2.24, 2.45) is 5.92 Å². The van der Waals surface area contributed by atoms with Crippen LogP contribution in [0.3, 0.4) is 0 Å². The average molecular weight is 485 g/mol. The number of piperidine rings is 2. The van der Waals surface area contributed by atoms with Gasteiger partial charge in [0, 0.05) is 48.3 Å². The average Bonchev–Trinajstić information content (AvgIpc) is 3.44. The normalized spacial score (nSPS) is 28.7. The summed E-state index contributed by atoms with van der Waals surface area (Å²) in [6, 6.07) is 3.81. The fourth-order valence-electron chi connectivity index (χ4n) is 5.88. The van der Waals surface area contributed by atoms with Crippen LogP contribution in [0.4, 0.5) is 4.39 Å². The van der Waals surface area contributed by atoms with E-state index in [2.05, 4.69) is 39.4 Å². The van der Waals surface area contributed by atoms with Gasteiger partial charge >= 0.3 is 0 Å². The Kier molecular flexibility index (Phi) is 6.48. The lowest BCUT2D eigenvalue weighted by molar-refractivity contribution is -0.128. The topological polar surface area (TPSA) is 103 Å². The van der Waals surface area contributed by atoms with Crippen LogP contribution in [-0.4, -0.2) is 81.7 Å². The number of carbonyl (C=O) groups excluding carboxylic acids is 2. The van der Waals surface area contributed by atoms with Crippen molar-refractivity contribution in [1.29, 1.82) is 0 Å². The number of nitrogens with one attached hydrogen (secondary N) is 2. The van der Waals surface area contributed by atoms with Crippen molar-refractivity contribution in [2.75, 3.05) is 20.7 Å². The van der Waals surface area contributed by atoms with Crippen LogP contribution in [0.15, 0.2) is 18.3 Å². The molecule has 35 heavy (non-hydrogen) atoms. The van der Waals surface area contributed by atoms with Gasteiger partial charge in [0.25, 0.3) is 5.91 Å². The van der Waals surface area contributed by atoms with Crippen LogP contribution in [0.5, 0.6) is 5.88 Å². The standard InChI is InChI=1S/C25H33FN6O3/c1-14-4-5-16(13-31(14)2)28-24(33)15-8-17-6-7-18(9-15)32(17)25(34)22-11-21(29-30-22)19-10-23(35-3)27-12-20(19)26/h10-12,14-18H,4-9,13H2,1-3H3,(H,28,33)(H,29,30)/t14-,15?,16-,17-,18+/m1/s1. The highest BCUT2D eigenvalue weighted by atomic mass is 19.1. The zero-order valence-corrected chi connectivity index (χ0v) is 20.5. The van der Waals surface area contributed by atoms with Crippen LogP contribution in [0.2, 0.25) is 0 Å². The number of hydrogen-bond acceptors (Lipinski definition) is 6. The summed E-state index contributed by atoms with van der Waals surface area (Å²) in [6.07, 6.45) is 6.29. The number of pyridine rings is 1. The molecule has 0 aromatic carbocycles. The summed E-state index contributed by atoms with van der Waals surface area (Å²) in [7, 11) is 3.56. The molecule has 0 aliphatic carbocycles. The number of likely N-dealkylation sites (N-methyl/N-ethyl adjacent to an activating group) is 1. The lowest BCUT2D eigenvalue weighted by atomic mass is 9.89. The maximum Gasteiger partial charge on any atom is 0.272 e. The molecule has 3 fully saturated rings. The van der Waals surface area contributed by atoms with Gasteiger partial charge in [-0.15, -0.1) is 0 Å². The van der Waals surface area contributed by atoms with Gasteiger partial charge in [0.2, 0.25) is 11.8 Å². The number of carbonyl (C=O) groups is 2. The fraction of sp³-hybridized carbons (Fsp3) is 0.600. The van der Waals surface area contributed by atoms with E-state index < -0.39 is 5.82 Å². The van der Waals surface area contributed by atoms with Crippen LogP contribution < -0.4 is 10.1 Å². The number of ether oxygens (including phenoxy) is 1. The van der Waals surface area contributed by atoms with Crippen molar-refractivity contribution < 1.29 is 18.7 Å². The molecule has 2 aromatic heterocycles. The van der Waals surface area contributed by atoms with Crippen LogP contribution in [0.1, 0.15) is 55.9 Å². The predicted molar refractivity (Wildman–Crippen MR) is 127 cm³/mol. The summed E-state index contributed by atoms with van der Waals surface area (Å²) in [5.74, 6) is -0.379. The Morgan fingerprint density at radius 2 is 1.91 bits per heavy atom. The molecule has 5 heterocycles. The molecule has 5 rings (SSSR count). The van der Waals surface area contributed by atoms with Crippen LogP contribution >= 0.6 is 0 Å². The molecule has 2 amide bonds. The summed E-state index contributed by atoms with van der Waals surface area (Å²) in [5.41, 5.74) is 0.850.